The molecule has 1 saturated heterocycles. The highest BCUT2D eigenvalue weighted by Crippen LogP contribution is 2.29. The summed E-state index contributed by atoms with van der Waals surface area (Å²) in [5.74, 6) is 0.464. The van der Waals surface area contributed by atoms with E-state index in [0.717, 1.165) is 12.4 Å². The lowest BCUT2D eigenvalue weighted by atomic mass is 9.85. The fraction of sp³-hybridized carbons (Fsp3) is 0.409. The van der Waals surface area contributed by atoms with Gasteiger partial charge in [-0.1, -0.05) is 29.8 Å². The van der Waals surface area contributed by atoms with E-state index in [1.54, 1.807) is 0 Å². The summed E-state index contributed by atoms with van der Waals surface area (Å²) in [5.41, 5.74) is 2.07. The van der Waals surface area contributed by atoms with Crippen molar-refractivity contribution < 1.29 is 12.8 Å². The molecule has 4 rings (SSSR count). The number of rotatable bonds is 4. The van der Waals surface area contributed by atoms with Crippen molar-refractivity contribution in [2.24, 2.45) is 4.99 Å². The highest BCUT2D eigenvalue weighted by atomic mass is 32.2. The summed E-state index contributed by atoms with van der Waals surface area (Å²) in [5, 5.41) is 7.07. The average Bonchev–Trinajstić information content (AvgIpc) is 2.75. The molecule has 1 spiro atoms. The van der Waals surface area contributed by atoms with Crippen molar-refractivity contribution in [1.29, 1.82) is 0 Å². The third-order valence-corrected chi connectivity index (χ3v) is 7.82. The van der Waals surface area contributed by atoms with Crippen molar-refractivity contribution in [3.05, 3.63) is 65.5 Å². The van der Waals surface area contributed by atoms with Gasteiger partial charge in [-0.15, -0.1) is 0 Å². The Morgan fingerprint density at radius 2 is 1.77 bits per heavy atom. The molecule has 30 heavy (non-hydrogen) atoms. The lowest BCUT2D eigenvalue weighted by Gasteiger charge is -2.44. The fourth-order valence-electron chi connectivity index (χ4n) is 4.09. The number of hydrogen-bond acceptors (Lipinski definition) is 5. The first-order chi connectivity index (χ1) is 14.4. The molecule has 160 valence electrons. The molecule has 2 aliphatic rings. The van der Waals surface area contributed by atoms with Gasteiger partial charge in [-0.2, -0.15) is 4.31 Å². The number of piperidine rings is 1. The second-order valence-corrected chi connectivity index (χ2v) is 9.87. The van der Waals surface area contributed by atoms with Crippen LogP contribution in [0.2, 0.25) is 0 Å². The Labute approximate surface area is 177 Å². The SMILES string of the molecule is Cc1ccc(CNC2=NCCNC23CCN(S(=O)(=O)c2ccc(F)cc2)CC3)cc1. The molecular formula is C22H27FN4O2S. The minimum Gasteiger partial charge on any atom is -0.368 e. The molecule has 8 heteroatoms. The number of hydrogen-bond donors (Lipinski definition) is 2. The van der Waals surface area contributed by atoms with Crippen molar-refractivity contribution in [3.63, 3.8) is 0 Å². The maximum atomic E-state index is 13.2. The molecule has 0 radical (unpaired) electrons. The summed E-state index contributed by atoms with van der Waals surface area (Å²) in [6, 6.07) is 13.4. The maximum absolute atomic E-state index is 13.2. The first-order valence-electron chi connectivity index (χ1n) is 10.2. The number of nitrogens with one attached hydrogen (secondary N) is 2. The Morgan fingerprint density at radius 1 is 1.10 bits per heavy atom. The molecule has 2 heterocycles. The lowest BCUT2D eigenvalue weighted by Crippen LogP contribution is -2.64. The Kier molecular flexibility index (Phi) is 5.90. The summed E-state index contributed by atoms with van der Waals surface area (Å²) in [7, 11) is -3.63. The quantitative estimate of drug-likeness (QED) is 0.782. The lowest BCUT2D eigenvalue weighted by molar-refractivity contribution is 0.241. The molecule has 0 aliphatic carbocycles. The number of nitrogens with zero attached hydrogens (tertiary/aromatic N) is 2. The van der Waals surface area contributed by atoms with Crippen LogP contribution in [0.25, 0.3) is 0 Å². The zero-order valence-corrected chi connectivity index (χ0v) is 17.9. The number of benzene rings is 2. The molecule has 2 aliphatic heterocycles. The standard InChI is InChI=1S/C22H27FN4O2S/c1-17-2-4-18(5-3-17)16-25-21-22(26-13-12-24-21)10-14-27(15-11-22)30(28,29)20-8-6-19(23)7-9-20/h2-9,26H,10-16H2,1H3,(H,24,25). The second-order valence-electron chi connectivity index (χ2n) is 7.94. The van der Waals surface area contributed by atoms with Gasteiger partial charge < -0.3 is 10.6 Å². The third kappa shape index (κ3) is 4.26. The van der Waals surface area contributed by atoms with Crippen LogP contribution < -0.4 is 10.6 Å². The number of amidine groups is 1. The van der Waals surface area contributed by atoms with E-state index >= 15 is 0 Å². The van der Waals surface area contributed by atoms with Crippen molar-refractivity contribution >= 4 is 15.9 Å². The van der Waals surface area contributed by atoms with E-state index in [1.165, 1.54) is 39.7 Å². The number of aliphatic imine (C=N–C) groups is 1. The smallest absolute Gasteiger partial charge is 0.243 e. The van der Waals surface area contributed by atoms with E-state index in [0.29, 0.717) is 39.0 Å². The van der Waals surface area contributed by atoms with Gasteiger partial charge in [0, 0.05) is 26.2 Å². The van der Waals surface area contributed by atoms with E-state index < -0.39 is 15.8 Å². The van der Waals surface area contributed by atoms with Gasteiger partial charge in [-0.3, -0.25) is 4.99 Å². The van der Waals surface area contributed by atoms with Gasteiger partial charge >= 0.3 is 0 Å². The number of sulfonamides is 1. The summed E-state index contributed by atoms with van der Waals surface area (Å²) in [4.78, 5) is 4.86. The van der Waals surface area contributed by atoms with E-state index in [4.69, 9.17) is 4.99 Å². The van der Waals surface area contributed by atoms with Crippen molar-refractivity contribution in [3.8, 4) is 0 Å². The molecule has 2 aromatic carbocycles. The Morgan fingerprint density at radius 3 is 2.43 bits per heavy atom. The molecule has 0 atom stereocenters. The molecule has 2 aromatic rings. The topological polar surface area (TPSA) is 73.8 Å². The van der Waals surface area contributed by atoms with E-state index in [9.17, 15) is 12.8 Å². The van der Waals surface area contributed by atoms with Gasteiger partial charge in [0.2, 0.25) is 10.0 Å². The van der Waals surface area contributed by atoms with E-state index in [1.807, 2.05) is 0 Å². The molecular weight excluding hydrogens is 403 g/mol. The zero-order valence-electron chi connectivity index (χ0n) is 17.1. The normalized spacial score (nSPS) is 19.5. The number of aryl methyl sites for hydroxylation is 1. The van der Waals surface area contributed by atoms with Crippen LogP contribution in [0.3, 0.4) is 0 Å². The molecule has 0 bridgehead atoms. The molecule has 0 aromatic heterocycles. The van der Waals surface area contributed by atoms with Crippen LogP contribution in [0.15, 0.2) is 58.4 Å². The van der Waals surface area contributed by atoms with Crippen LogP contribution in [-0.4, -0.2) is 50.3 Å². The van der Waals surface area contributed by atoms with Gasteiger partial charge in [0.15, 0.2) is 0 Å². The minimum atomic E-state index is -3.63. The van der Waals surface area contributed by atoms with Crippen LogP contribution in [0.4, 0.5) is 4.39 Å². The Hall–Kier alpha value is -2.29. The zero-order chi connectivity index (χ0) is 21.2. The molecule has 0 unspecified atom stereocenters. The summed E-state index contributed by atoms with van der Waals surface area (Å²) < 4.78 is 40.5. The van der Waals surface area contributed by atoms with Crippen molar-refractivity contribution in [1.82, 2.24) is 14.9 Å². The molecule has 1 fully saturated rings. The van der Waals surface area contributed by atoms with Crippen molar-refractivity contribution in [2.75, 3.05) is 26.2 Å². The van der Waals surface area contributed by atoms with E-state index in [-0.39, 0.29) is 10.4 Å². The average molecular weight is 431 g/mol. The fourth-order valence-corrected chi connectivity index (χ4v) is 5.53. The first-order valence-corrected chi connectivity index (χ1v) is 11.7. The number of halogens is 1. The first kappa shape index (κ1) is 21.0. The molecule has 0 saturated carbocycles. The minimum absolute atomic E-state index is 0.128. The summed E-state index contributed by atoms with van der Waals surface area (Å²) in [6.07, 6.45) is 1.26. The van der Waals surface area contributed by atoms with Crippen LogP contribution >= 0.6 is 0 Å². The Bertz CT molecular complexity index is 1010. The molecule has 0 amide bonds. The summed E-state index contributed by atoms with van der Waals surface area (Å²) in [6.45, 7) is 5.00. The highest BCUT2D eigenvalue weighted by Gasteiger charge is 2.43. The molecule has 2 N–H and O–H groups in total. The predicted molar refractivity (Wildman–Crippen MR) is 115 cm³/mol. The maximum Gasteiger partial charge on any atom is 0.243 e. The van der Waals surface area contributed by atoms with Crippen molar-refractivity contribution in [2.45, 2.75) is 36.7 Å². The predicted octanol–water partition coefficient (Wildman–Crippen LogP) is 2.45. The largest absolute Gasteiger partial charge is 0.368 e. The summed E-state index contributed by atoms with van der Waals surface area (Å²) >= 11 is 0. The molecule has 6 nitrogen and oxygen atoms in total. The monoisotopic (exact) mass is 430 g/mol. The highest BCUT2D eigenvalue weighted by molar-refractivity contribution is 7.89. The second kappa shape index (κ2) is 8.45. The van der Waals surface area contributed by atoms with Gasteiger partial charge in [0.05, 0.1) is 17.0 Å². The van der Waals surface area contributed by atoms with Crippen LogP contribution in [-0.2, 0) is 16.6 Å². The van der Waals surface area contributed by atoms with E-state index in [2.05, 4.69) is 41.8 Å². The van der Waals surface area contributed by atoms with Crippen LogP contribution in [0.1, 0.15) is 24.0 Å². The van der Waals surface area contributed by atoms with Crippen LogP contribution in [0, 0.1) is 12.7 Å². The third-order valence-electron chi connectivity index (χ3n) is 5.91. The van der Waals surface area contributed by atoms with Gasteiger partial charge in [-0.05, 0) is 49.6 Å². The van der Waals surface area contributed by atoms with Crippen LogP contribution in [0.5, 0.6) is 0 Å². The van der Waals surface area contributed by atoms with Gasteiger partial charge in [0.25, 0.3) is 0 Å². The van der Waals surface area contributed by atoms with Gasteiger partial charge in [0.1, 0.15) is 11.7 Å². The Balaban J connectivity index is 1.44. The van der Waals surface area contributed by atoms with Gasteiger partial charge in [-0.25, -0.2) is 12.8 Å².